The van der Waals surface area contributed by atoms with Crippen molar-refractivity contribution in [2.45, 2.75) is 12.8 Å². The number of hydrogen-bond donors (Lipinski definition) is 3. The first-order chi connectivity index (χ1) is 12.2. The molecule has 3 heterocycles. The molecule has 4 rings (SSSR count). The Kier molecular flexibility index (Phi) is 3.69. The van der Waals surface area contributed by atoms with Gasteiger partial charge < -0.3 is 20.1 Å². The highest BCUT2D eigenvalue weighted by Crippen LogP contribution is 2.36. The summed E-state index contributed by atoms with van der Waals surface area (Å²) in [7, 11) is 0. The minimum atomic E-state index is -0.147. The number of nitrogens with zero attached hydrogens (tertiary/aromatic N) is 3. The summed E-state index contributed by atoms with van der Waals surface area (Å²) in [5.74, 6) is 0.732. The van der Waals surface area contributed by atoms with Crippen molar-refractivity contribution in [2.75, 3.05) is 18.0 Å². The van der Waals surface area contributed by atoms with E-state index in [4.69, 9.17) is 5.26 Å². The summed E-state index contributed by atoms with van der Waals surface area (Å²) in [6.07, 6.45) is 3.47. The molecule has 0 radical (unpaired) electrons. The van der Waals surface area contributed by atoms with Crippen LogP contribution in [0.5, 0.6) is 11.5 Å². The molecule has 1 saturated heterocycles. The Morgan fingerprint density at radius 3 is 2.68 bits per heavy atom. The van der Waals surface area contributed by atoms with Gasteiger partial charge in [-0.1, -0.05) is 0 Å². The summed E-state index contributed by atoms with van der Waals surface area (Å²) in [6.45, 7) is 1.62. The zero-order valence-corrected chi connectivity index (χ0v) is 13.6. The molecule has 0 saturated carbocycles. The molecule has 0 spiro atoms. The number of nitrogens with one attached hydrogen (secondary N) is 1. The Labute approximate surface area is 145 Å². The fourth-order valence-electron chi connectivity index (χ4n) is 3.38. The van der Waals surface area contributed by atoms with Crippen molar-refractivity contribution in [3.05, 3.63) is 36.5 Å². The van der Waals surface area contributed by atoms with E-state index in [0.29, 0.717) is 0 Å². The Morgan fingerprint density at radius 2 is 1.92 bits per heavy atom. The van der Waals surface area contributed by atoms with Crippen molar-refractivity contribution in [1.29, 1.82) is 5.26 Å². The summed E-state index contributed by atoms with van der Waals surface area (Å²) in [6, 6.07) is 11.2. The molecule has 0 aliphatic carbocycles. The molecule has 0 amide bonds. The molecule has 126 valence electrons. The minimum absolute atomic E-state index is 0.127. The number of phenols is 2. The molecule has 25 heavy (non-hydrogen) atoms. The average molecular weight is 334 g/mol. The Morgan fingerprint density at radius 1 is 1.16 bits per heavy atom. The fraction of sp³-hybridized carbons (Fsp3) is 0.263. The van der Waals surface area contributed by atoms with Crippen molar-refractivity contribution >= 4 is 16.7 Å². The number of nitriles is 1. The zero-order valence-electron chi connectivity index (χ0n) is 13.6. The number of fused-ring (bicyclic) bond motifs is 1. The van der Waals surface area contributed by atoms with E-state index in [0.717, 1.165) is 53.9 Å². The first kappa shape index (κ1) is 15.3. The van der Waals surface area contributed by atoms with Crippen LogP contribution in [0.25, 0.3) is 22.2 Å². The highest BCUT2D eigenvalue weighted by molar-refractivity contribution is 5.90. The van der Waals surface area contributed by atoms with Crippen LogP contribution in [0, 0.1) is 17.2 Å². The largest absolute Gasteiger partial charge is 0.504 e. The quantitative estimate of drug-likeness (QED) is 0.624. The van der Waals surface area contributed by atoms with Gasteiger partial charge in [0.1, 0.15) is 5.82 Å². The molecule has 0 bridgehead atoms. The van der Waals surface area contributed by atoms with E-state index in [1.165, 1.54) is 6.07 Å². The van der Waals surface area contributed by atoms with Crippen LogP contribution in [0.3, 0.4) is 0 Å². The van der Waals surface area contributed by atoms with Crippen LogP contribution in [0.4, 0.5) is 5.82 Å². The van der Waals surface area contributed by atoms with Gasteiger partial charge in [0.15, 0.2) is 11.5 Å². The Balaban J connectivity index is 1.73. The number of aromatic nitrogens is 2. The number of phenolic OH excluding ortho intramolecular Hbond substituents is 2. The number of anilines is 1. The van der Waals surface area contributed by atoms with Crippen LogP contribution < -0.4 is 4.90 Å². The van der Waals surface area contributed by atoms with Crippen LogP contribution in [0.15, 0.2) is 36.5 Å². The molecule has 3 N–H and O–H groups in total. The molecule has 1 aliphatic heterocycles. The van der Waals surface area contributed by atoms with Crippen LogP contribution in [-0.4, -0.2) is 33.3 Å². The molecule has 1 fully saturated rings. The van der Waals surface area contributed by atoms with Gasteiger partial charge in [-0.2, -0.15) is 5.26 Å². The first-order valence-electron chi connectivity index (χ1n) is 8.30. The number of hydrogen-bond acceptors (Lipinski definition) is 5. The molecule has 1 aromatic carbocycles. The monoisotopic (exact) mass is 334 g/mol. The lowest BCUT2D eigenvalue weighted by atomic mass is 9.98. The van der Waals surface area contributed by atoms with Gasteiger partial charge in [-0.15, -0.1) is 0 Å². The first-order valence-corrected chi connectivity index (χ1v) is 8.30. The number of aromatic amines is 1. The highest BCUT2D eigenvalue weighted by atomic mass is 16.3. The van der Waals surface area contributed by atoms with Gasteiger partial charge in [0.25, 0.3) is 0 Å². The fourth-order valence-corrected chi connectivity index (χ4v) is 3.38. The Hall–Kier alpha value is -3.20. The Bertz CT molecular complexity index is 926. The number of pyridine rings is 1. The summed E-state index contributed by atoms with van der Waals surface area (Å²) < 4.78 is 0. The van der Waals surface area contributed by atoms with E-state index in [-0.39, 0.29) is 17.4 Å². The van der Waals surface area contributed by atoms with Gasteiger partial charge >= 0.3 is 0 Å². The number of rotatable bonds is 2. The molecular weight excluding hydrogens is 316 g/mol. The van der Waals surface area contributed by atoms with Gasteiger partial charge in [0, 0.05) is 47.7 Å². The lowest BCUT2D eigenvalue weighted by Gasteiger charge is -2.31. The lowest BCUT2D eigenvalue weighted by Crippen LogP contribution is -2.34. The number of piperidine rings is 1. The van der Waals surface area contributed by atoms with Crippen LogP contribution in [0.2, 0.25) is 0 Å². The summed E-state index contributed by atoms with van der Waals surface area (Å²) in [5.41, 5.74) is 2.60. The molecule has 0 unspecified atom stereocenters. The molecule has 0 atom stereocenters. The molecule has 1 aliphatic rings. The van der Waals surface area contributed by atoms with Crippen LogP contribution in [-0.2, 0) is 0 Å². The van der Waals surface area contributed by atoms with E-state index < -0.39 is 0 Å². The third kappa shape index (κ3) is 2.74. The second-order valence-electron chi connectivity index (χ2n) is 6.38. The number of H-pyrrole nitrogens is 1. The van der Waals surface area contributed by atoms with Crippen LogP contribution in [0.1, 0.15) is 12.8 Å². The van der Waals surface area contributed by atoms with Crippen molar-refractivity contribution in [3.8, 4) is 28.8 Å². The van der Waals surface area contributed by atoms with Gasteiger partial charge in [0.2, 0.25) is 0 Å². The van der Waals surface area contributed by atoms with Crippen molar-refractivity contribution in [3.63, 3.8) is 0 Å². The van der Waals surface area contributed by atoms with E-state index >= 15 is 0 Å². The van der Waals surface area contributed by atoms with Gasteiger partial charge in [0.05, 0.1) is 11.8 Å². The maximum atomic E-state index is 9.69. The topological polar surface area (TPSA) is 96.2 Å². The minimum Gasteiger partial charge on any atom is -0.504 e. The zero-order chi connectivity index (χ0) is 17.4. The number of benzene rings is 1. The van der Waals surface area contributed by atoms with Crippen LogP contribution >= 0.6 is 0 Å². The highest BCUT2D eigenvalue weighted by Gasteiger charge is 2.22. The smallest absolute Gasteiger partial charge is 0.159 e. The predicted octanol–water partition coefficient (Wildman–Crippen LogP) is 3.38. The molecule has 3 aromatic rings. The molecule has 6 nitrogen and oxygen atoms in total. The van der Waals surface area contributed by atoms with E-state index in [9.17, 15) is 10.2 Å². The second-order valence-corrected chi connectivity index (χ2v) is 6.38. The third-order valence-electron chi connectivity index (χ3n) is 4.77. The van der Waals surface area contributed by atoms with Crippen molar-refractivity contribution < 1.29 is 10.2 Å². The van der Waals surface area contributed by atoms with E-state index in [1.807, 2.05) is 18.2 Å². The van der Waals surface area contributed by atoms with Gasteiger partial charge in [-0.05, 0) is 37.1 Å². The van der Waals surface area contributed by atoms with Gasteiger partial charge in [-0.3, -0.25) is 0 Å². The maximum Gasteiger partial charge on any atom is 0.159 e. The van der Waals surface area contributed by atoms with E-state index in [1.54, 1.807) is 12.3 Å². The molecule has 2 aromatic heterocycles. The van der Waals surface area contributed by atoms with Crippen molar-refractivity contribution in [2.24, 2.45) is 5.92 Å². The summed E-state index contributed by atoms with van der Waals surface area (Å²) in [4.78, 5) is 10.1. The normalized spacial score (nSPS) is 15.4. The van der Waals surface area contributed by atoms with Gasteiger partial charge in [-0.25, -0.2) is 4.98 Å². The number of aromatic hydroxyl groups is 2. The third-order valence-corrected chi connectivity index (χ3v) is 4.77. The summed E-state index contributed by atoms with van der Waals surface area (Å²) >= 11 is 0. The lowest BCUT2D eigenvalue weighted by molar-refractivity contribution is 0.405. The molecule has 6 heteroatoms. The van der Waals surface area contributed by atoms with E-state index in [2.05, 4.69) is 20.9 Å². The SMILES string of the molecule is N#CC1CCN(c2ncccc2-c2cc3cc(O)c(O)cc3[nH]2)CC1. The maximum absolute atomic E-state index is 9.69. The second kappa shape index (κ2) is 6.02. The van der Waals surface area contributed by atoms with Crippen molar-refractivity contribution in [1.82, 2.24) is 9.97 Å². The predicted molar refractivity (Wildman–Crippen MR) is 95.4 cm³/mol. The molecular formula is C19H18N4O2. The summed E-state index contributed by atoms with van der Waals surface area (Å²) in [5, 5.41) is 29.3. The standard InChI is InChI=1S/C19H18N4O2/c20-11-12-3-6-23(7-4-12)19-14(2-1-5-21-19)16-8-13-9-17(24)18(25)10-15(13)22-16/h1-2,5,8-10,12,22,24-25H,3-4,6-7H2. The average Bonchev–Trinajstić information content (AvgIpc) is 3.05.